The number of carbonyl (C=O) groups excluding carboxylic acids is 1. The van der Waals surface area contributed by atoms with Gasteiger partial charge in [0.2, 0.25) is 0 Å². The fourth-order valence-electron chi connectivity index (χ4n) is 3.59. The summed E-state index contributed by atoms with van der Waals surface area (Å²) in [5.41, 5.74) is 3.61. The number of ether oxygens (including phenoxy) is 1. The van der Waals surface area contributed by atoms with Crippen molar-refractivity contribution in [1.82, 2.24) is 10.3 Å². The van der Waals surface area contributed by atoms with Crippen LogP contribution >= 0.6 is 0 Å². The van der Waals surface area contributed by atoms with Crippen LogP contribution in [-0.2, 0) is 9.53 Å². The minimum atomic E-state index is -0.865. The zero-order valence-corrected chi connectivity index (χ0v) is 14.6. The van der Waals surface area contributed by atoms with Gasteiger partial charge in [-0.1, -0.05) is 6.07 Å². The van der Waals surface area contributed by atoms with Gasteiger partial charge in [0.15, 0.2) is 0 Å². The summed E-state index contributed by atoms with van der Waals surface area (Å²) in [6.45, 7) is 5.33. The first-order valence-corrected chi connectivity index (χ1v) is 8.64. The maximum absolute atomic E-state index is 12.5. The molecule has 6 nitrogen and oxygen atoms in total. The highest BCUT2D eigenvalue weighted by Crippen LogP contribution is 2.24. The van der Waals surface area contributed by atoms with Crippen LogP contribution in [0.5, 0.6) is 0 Å². The molecule has 1 fully saturated rings. The van der Waals surface area contributed by atoms with E-state index in [4.69, 9.17) is 4.74 Å². The van der Waals surface area contributed by atoms with E-state index in [2.05, 4.69) is 16.4 Å². The van der Waals surface area contributed by atoms with E-state index in [0.29, 0.717) is 18.9 Å². The second-order valence-electron chi connectivity index (χ2n) is 6.83. The Bertz CT molecular complexity index is 790. The van der Waals surface area contributed by atoms with E-state index in [1.165, 1.54) is 0 Å². The molecule has 3 rings (SSSR count). The van der Waals surface area contributed by atoms with Crippen LogP contribution in [0.25, 0.3) is 10.9 Å². The monoisotopic (exact) mass is 344 g/mol. The zero-order chi connectivity index (χ0) is 18.0. The summed E-state index contributed by atoms with van der Waals surface area (Å²) < 4.78 is 5.29. The molecule has 3 N–H and O–H groups in total. The minimum Gasteiger partial charge on any atom is -0.481 e. The molecule has 0 radical (unpaired) electrons. The Kier molecular flexibility index (Phi) is 5.08. The Morgan fingerprint density at radius 1 is 1.28 bits per heavy atom. The van der Waals surface area contributed by atoms with Crippen molar-refractivity contribution in [3.05, 3.63) is 35.0 Å². The molecule has 2 heterocycles. The van der Waals surface area contributed by atoms with Gasteiger partial charge in [0, 0.05) is 30.7 Å². The van der Waals surface area contributed by atoms with Gasteiger partial charge in [-0.3, -0.25) is 9.59 Å². The molecular formula is C19H24N2O4. The number of carboxylic acids is 1. The van der Waals surface area contributed by atoms with Gasteiger partial charge < -0.3 is 20.1 Å². The molecule has 1 saturated heterocycles. The van der Waals surface area contributed by atoms with Crippen LogP contribution in [-0.4, -0.2) is 41.7 Å². The van der Waals surface area contributed by atoms with Crippen molar-refractivity contribution < 1.29 is 19.4 Å². The Morgan fingerprint density at radius 2 is 2.00 bits per heavy atom. The summed E-state index contributed by atoms with van der Waals surface area (Å²) in [6.07, 6.45) is 1.44. The minimum absolute atomic E-state index is 0.0409. The van der Waals surface area contributed by atoms with E-state index < -0.39 is 11.9 Å². The molecule has 1 unspecified atom stereocenters. The van der Waals surface area contributed by atoms with Gasteiger partial charge in [0.1, 0.15) is 5.69 Å². The average molecular weight is 344 g/mol. The lowest BCUT2D eigenvalue weighted by atomic mass is 9.86. The zero-order valence-electron chi connectivity index (χ0n) is 14.6. The van der Waals surface area contributed by atoms with Crippen LogP contribution in [0.2, 0.25) is 0 Å². The third kappa shape index (κ3) is 3.85. The molecule has 0 aliphatic carbocycles. The van der Waals surface area contributed by atoms with Crippen LogP contribution < -0.4 is 5.32 Å². The largest absolute Gasteiger partial charge is 0.481 e. The highest BCUT2D eigenvalue weighted by molar-refractivity contribution is 5.99. The van der Waals surface area contributed by atoms with Crippen molar-refractivity contribution in [3.63, 3.8) is 0 Å². The molecule has 1 aromatic heterocycles. The lowest BCUT2D eigenvalue weighted by molar-refractivity contribution is -0.144. The molecule has 1 atom stereocenters. The highest BCUT2D eigenvalue weighted by Gasteiger charge is 2.30. The van der Waals surface area contributed by atoms with Gasteiger partial charge in [-0.2, -0.15) is 0 Å². The smallest absolute Gasteiger partial charge is 0.308 e. The van der Waals surface area contributed by atoms with Crippen LogP contribution in [0, 0.1) is 25.7 Å². The number of carbonyl (C=O) groups is 2. The van der Waals surface area contributed by atoms with Crippen molar-refractivity contribution in [2.24, 2.45) is 11.8 Å². The number of aryl methyl sites for hydroxylation is 2. The van der Waals surface area contributed by atoms with Crippen LogP contribution in [0.1, 0.15) is 34.5 Å². The molecular weight excluding hydrogens is 320 g/mol. The maximum atomic E-state index is 12.5. The molecule has 25 heavy (non-hydrogen) atoms. The first-order chi connectivity index (χ1) is 12.0. The third-order valence-corrected chi connectivity index (χ3v) is 4.97. The molecule has 1 amide bonds. The molecule has 1 aliphatic rings. The summed E-state index contributed by atoms with van der Waals surface area (Å²) in [4.78, 5) is 27.2. The lowest BCUT2D eigenvalue weighted by Crippen LogP contribution is -2.39. The number of aromatic nitrogens is 1. The van der Waals surface area contributed by atoms with Gasteiger partial charge in [0.05, 0.1) is 5.92 Å². The number of hydrogen-bond acceptors (Lipinski definition) is 3. The molecule has 1 aromatic carbocycles. The number of hydrogen-bond donors (Lipinski definition) is 3. The van der Waals surface area contributed by atoms with E-state index in [9.17, 15) is 14.7 Å². The van der Waals surface area contributed by atoms with Gasteiger partial charge in [-0.05, 0) is 55.9 Å². The number of aromatic amines is 1. The van der Waals surface area contributed by atoms with Crippen molar-refractivity contribution >= 4 is 22.8 Å². The number of rotatable bonds is 5. The van der Waals surface area contributed by atoms with Crippen molar-refractivity contribution in [1.29, 1.82) is 0 Å². The quantitative estimate of drug-likeness (QED) is 0.777. The van der Waals surface area contributed by atoms with Gasteiger partial charge in [0.25, 0.3) is 5.91 Å². The second-order valence-corrected chi connectivity index (χ2v) is 6.83. The van der Waals surface area contributed by atoms with E-state index in [1.54, 1.807) is 0 Å². The lowest BCUT2D eigenvalue weighted by Gasteiger charge is -2.27. The van der Waals surface area contributed by atoms with Crippen LogP contribution in [0.4, 0.5) is 0 Å². The maximum Gasteiger partial charge on any atom is 0.308 e. The Morgan fingerprint density at radius 3 is 2.68 bits per heavy atom. The topological polar surface area (TPSA) is 91.4 Å². The fourth-order valence-corrected chi connectivity index (χ4v) is 3.59. The van der Waals surface area contributed by atoms with E-state index in [-0.39, 0.29) is 18.4 Å². The molecule has 134 valence electrons. The molecule has 2 aromatic rings. The van der Waals surface area contributed by atoms with Crippen LogP contribution in [0.3, 0.4) is 0 Å². The summed E-state index contributed by atoms with van der Waals surface area (Å²) in [6, 6.07) is 5.90. The highest BCUT2D eigenvalue weighted by atomic mass is 16.5. The van der Waals surface area contributed by atoms with Crippen molar-refractivity contribution in [3.8, 4) is 0 Å². The molecule has 0 bridgehead atoms. The summed E-state index contributed by atoms with van der Waals surface area (Å²) in [5, 5.41) is 13.3. The van der Waals surface area contributed by atoms with Crippen molar-refractivity contribution in [2.45, 2.75) is 26.7 Å². The van der Waals surface area contributed by atoms with Gasteiger partial charge in [-0.25, -0.2) is 0 Å². The number of H-pyrrole nitrogens is 1. The summed E-state index contributed by atoms with van der Waals surface area (Å²) >= 11 is 0. The van der Waals surface area contributed by atoms with Gasteiger partial charge in [-0.15, -0.1) is 0 Å². The van der Waals surface area contributed by atoms with Gasteiger partial charge >= 0.3 is 5.97 Å². The molecule has 6 heteroatoms. The number of nitrogens with one attached hydrogen (secondary N) is 2. The van der Waals surface area contributed by atoms with Crippen LogP contribution in [0.15, 0.2) is 18.2 Å². The number of fused-ring (bicyclic) bond motifs is 1. The SMILES string of the molecule is Cc1cc(C)c2cc(C(=O)NCC(C(=O)O)C3CCOCC3)[nH]c2c1. The Hall–Kier alpha value is -2.34. The third-order valence-electron chi connectivity index (χ3n) is 4.97. The van der Waals surface area contributed by atoms with E-state index in [1.807, 2.05) is 26.0 Å². The normalized spacial score (nSPS) is 16.7. The number of aliphatic carboxylic acids is 1. The number of amides is 1. The predicted molar refractivity (Wildman–Crippen MR) is 94.8 cm³/mol. The summed E-state index contributed by atoms with van der Waals surface area (Å²) in [7, 11) is 0. The molecule has 1 aliphatic heterocycles. The number of carboxylic acid groups (broad SMARTS) is 1. The molecule has 0 saturated carbocycles. The second kappa shape index (κ2) is 7.27. The Labute approximate surface area is 146 Å². The number of benzene rings is 1. The molecule has 0 spiro atoms. The summed E-state index contributed by atoms with van der Waals surface area (Å²) in [5.74, 6) is -1.68. The van der Waals surface area contributed by atoms with Crippen molar-refractivity contribution in [2.75, 3.05) is 19.8 Å². The first-order valence-electron chi connectivity index (χ1n) is 8.64. The van der Waals surface area contributed by atoms with E-state index in [0.717, 1.165) is 34.9 Å². The Balaban J connectivity index is 1.70. The average Bonchev–Trinajstić information content (AvgIpc) is 3.00. The standard InChI is InChI=1S/C19H24N2O4/c1-11-7-12(2)14-9-17(21-16(14)8-11)18(22)20-10-15(19(23)24)13-3-5-25-6-4-13/h7-9,13,15,21H,3-6,10H2,1-2H3,(H,20,22)(H,23,24). The predicted octanol–water partition coefficient (Wildman–Crippen LogP) is 2.64. The first kappa shape index (κ1) is 17.5. The van der Waals surface area contributed by atoms with E-state index >= 15 is 0 Å². The fraction of sp³-hybridized carbons (Fsp3) is 0.474.